The molecule has 25 heavy (non-hydrogen) atoms. The second kappa shape index (κ2) is 6.82. The number of carbonyl (C=O) groups excluding carboxylic acids is 1. The van der Waals surface area contributed by atoms with Gasteiger partial charge in [-0.05, 0) is 64.3 Å². The summed E-state index contributed by atoms with van der Waals surface area (Å²) in [5.41, 5.74) is 0.101. The van der Waals surface area contributed by atoms with Crippen LogP contribution in [-0.4, -0.2) is 33.3 Å². The number of benzene rings is 1. The molecule has 0 aliphatic carbocycles. The van der Waals surface area contributed by atoms with E-state index in [0.29, 0.717) is 23.8 Å². The van der Waals surface area contributed by atoms with Crippen LogP contribution in [0, 0.1) is 5.82 Å². The molecule has 1 saturated heterocycles. The molecular weight excluding hydrogens is 325 g/mol. The predicted octanol–water partition coefficient (Wildman–Crippen LogP) is 4.34. The van der Waals surface area contributed by atoms with Gasteiger partial charge in [-0.3, -0.25) is 4.90 Å². The largest absolute Gasteiger partial charge is 0.444 e. The van der Waals surface area contributed by atoms with E-state index in [9.17, 15) is 9.18 Å². The standard InChI is InChI=1S/C18H22FN3O3/c1-18(2,3)24-17(23)22-11-5-4-6-14(22)16-20-15(21-25-16)12-7-9-13(19)10-8-12/h7-10,14H,4-6,11H2,1-3H3. The summed E-state index contributed by atoms with van der Waals surface area (Å²) >= 11 is 0. The number of rotatable bonds is 2. The van der Waals surface area contributed by atoms with Gasteiger partial charge in [0.1, 0.15) is 17.5 Å². The number of piperidine rings is 1. The normalized spacial score (nSPS) is 18.2. The van der Waals surface area contributed by atoms with Crippen LogP contribution in [0.15, 0.2) is 28.8 Å². The first kappa shape index (κ1) is 17.4. The summed E-state index contributed by atoms with van der Waals surface area (Å²) in [5, 5.41) is 3.97. The van der Waals surface area contributed by atoms with Gasteiger partial charge >= 0.3 is 6.09 Å². The molecule has 0 saturated carbocycles. The second-order valence-electron chi connectivity index (χ2n) is 7.15. The molecule has 1 aliphatic heterocycles. The molecule has 0 radical (unpaired) electrons. The zero-order valence-electron chi connectivity index (χ0n) is 14.7. The minimum Gasteiger partial charge on any atom is -0.444 e. The monoisotopic (exact) mass is 347 g/mol. The van der Waals surface area contributed by atoms with E-state index < -0.39 is 5.60 Å². The van der Waals surface area contributed by atoms with Crippen molar-refractivity contribution in [1.82, 2.24) is 15.0 Å². The molecule has 3 rings (SSSR count). The number of hydrogen-bond donors (Lipinski definition) is 0. The summed E-state index contributed by atoms with van der Waals surface area (Å²) in [7, 11) is 0. The van der Waals surface area contributed by atoms with E-state index in [2.05, 4.69) is 10.1 Å². The van der Waals surface area contributed by atoms with Crippen molar-refractivity contribution in [1.29, 1.82) is 0 Å². The van der Waals surface area contributed by atoms with Gasteiger partial charge in [0.15, 0.2) is 0 Å². The number of likely N-dealkylation sites (tertiary alicyclic amines) is 1. The lowest BCUT2D eigenvalue weighted by atomic mass is 10.0. The van der Waals surface area contributed by atoms with E-state index in [0.717, 1.165) is 19.3 Å². The summed E-state index contributed by atoms with van der Waals surface area (Å²) in [6.07, 6.45) is 2.25. The molecule has 0 spiro atoms. The molecule has 7 heteroatoms. The zero-order chi connectivity index (χ0) is 18.0. The van der Waals surface area contributed by atoms with Crippen molar-refractivity contribution < 1.29 is 18.4 Å². The molecule has 6 nitrogen and oxygen atoms in total. The van der Waals surface area contributed by atoms with Crippen molar-refractivity contribution in [3.8, 4) is 11.4 Å². The second-order valence-corrected chi connectivity index (χ2v) is 7.15. The van der Waals surface area contributed by atoms with Crippen molar-refractivity contribution in [3.63, 3.8) is 0 Å². The zero-order valence-corrected chi connectivity index (χ0v) is 14.7. The Morgan fingerprint density at radius 2 is 2.00 bits per heavy atom. The summed E-state index contributed by atoms with van der Waals surface area (Å²) < 4.78 is 23.9. The first-order valence-corrected chi connectivity index (χ1v) is 8.43. The maximum absolute atomic E-state index is 13.1. The van der Waals surface area contributed by atoms with Crippen LogP contribution < -0.4 is 0 Å². The van der Waals surface area contributed by atoms with Crippen LogP contribution in [-0.2, 0) is 4.74 Å². The van der Waals surface area contributed by atoms with Crippen LogP contribution >= 0.6 is 0 Å². The number of ether oxygens (including phenoxy) is 1. The molecule has 1 fully saturated rings. The number of hydrogen-bond acceptors (Lipinski definition) is 5. The van der Waals surface area contributed by atoms with E-state index in [1.807, 2.05) is 20.8 Å². The van der Waals surface area contributed by atoms with Gasteiger partial charge in [-0.15, -0.1) is 0 Å². The fourth-order valence-corrected chi connectivity index (χ4v) is 2.81. The van der Waals surface area contributed by atoms with Gasteiger partial charge in [0.25, 0.3) is 0 Å². The van der Waals surface area contributed by atoms with Crippen LogP contribution in [0.25, 0.3) is 11.4 Å². The molecule has 1 amide bonds. The van der Waals surface area contributed by atoms with Crippen molar-refractivity contribution in [2.45, 2.75) is 51.7 Å². The molecule has 1 aromatic carbocycles. The third-order valence-corrected chi connectivity index (χ3v) is 3.96. The van der Waals surface area contributed by atoms with Gasteiger partial charge in [-0.2, -0.15) is 4.98 Å². The van der Waals surface area contributed by atoms with E-state index in [4.69, 9.17) is 9.26 Å². The molecule has 2 aromatic rings. The number of halogens is 1. The van der Waals surface area contributed by atoms with Gasteiger partial charge in [0.2, 0.25) is 11.7 Å². The fourth-order valence-electron chi connectivity index (χ4n) is 2.81. The Morgan fingerprint density at radius 3 is 2.68 bits per heavy atom. The molecule has 1 aromatic heterocycles. The van der Waals surface area contributed by atoms with Gasteiger partial charge in [-0.25, -0.2) is 9.18 Å². The topological polar surface area (TPSA) is 68.5 Å². The minimum absolute atomic E-state index is 0.301. The lowest BCUT2D eigenvalue weighted by Crippen LogP contribution is -2.42. The first-order chi connectivity index (χ1) is 11.8. The van der Waals surface area contributed by atoms with Crippen LogP contribution in [0.4, 0.5) is 9.18 Å². The minimum atomic E-state index is -0.562. The highest BCUT2D eigenvalue weighted by atomic mass is 19.1. The Labute approximate surface area is 146 Å². The summed E-state index contributed by atoms with van der Waals surface area (Å²) in [6.45, 7) is 6.10. The van der Waals surface area contributed by atoms with Gasteiger partial charge in [0, 0.05) is 12.1 Å². The van der Waals surface area contributed by atoms with Gasteiger partial charge in [-0.1, -0.05) is 5.16 Å². The van der Waals surface area contributed by atoms with Crippen molar-refractivity contribution in [2.24, 2.45) is 0 Å². The van der Waals surface area contributed by atoms with Gasteiger partial charge in [0.05, 0.1) is 0 Å². The third-order valence-electron chi connectivity index (χ3n) is 3.96. The molecule has 2 heterocycles. The van der Waals surface area contributed by atoms with Crippen LogP contribution in [0.2, 0.25) is 0 Å². The van der Waals surface area contributed by atoms with Crippen molar-refractivity contribution in [2.75, 3.05) is 6.54 Å². The Hall–Kier alpha value is -2.44. The Balaban J connectivity index is 1.81. The highest BCUT2D eigenvalue weighted by molar-refractivity contribution is 5.68. The highest BCUT2D eigenvalue weighted by Gasteiger charge is 2.34. The lowest BCUT2D eigenvalue weighted by Gasteiger charge is -2.34. The lowest BCUT2D eigenvalue weighted by molar-refractivity contribution is 0.00538. The number of aromatic nitrogens is 2. The van der Waals surface area contributed by atoms with Crippen LogP contribution in [0.3, 0.4) is 0 Å². The third kappa shape index (κ3) is 4.15. The predicted molar refractivity (Wildman–Crippen MR) is 89.2 cm³/mol. The van der Waals surface area contributed by atoms with Crippen molar-refractivity contribution >= 4 is 6.09 Å². The van der Waals surface area contributed by atoms with Gasteiger partial charge < -0.3 is 9.26 Å². The van der Waals surface area contributed by atoms with E-state index in [1.54, 1.807) is 17.0 Å². The molecule has 1 aliphatic rings. The SMILES string of the molecule is CC(C)(C)OC(=O)N1CCCCC1c1nc(-c2ccc(F)cc2)no1. The van der Waals surface area contributed by atoms with Crippen molar-refractivity contribution in [3.05, 3.63) is 36.0 Å². The Bertz CT molecular complexity index is 737. The molecule has 134 valence electrons. The van der Waals surface area contributed by atoms with Crippen LogP contribution in [0.1, 0.15) is 52.0 Å². The average molecular weight is 347 g/mol. The molecule has 0 bridgehead atoms. The van der Waals surface area contributed by atoms with Crippen LogP contribution in [0.5, 0.6) is 0 Å². The highest BCUT2D eigenvalue weighted by Crippen LogP contribution is 2.32. The number of nitrogens with zero attached hydrogens (tertiary/aromatic N) is 3. The van der Waals surface area contributed by atoms with E-state index in [-0.39, 0.29) is 18.0 Å². The molecule has 1 unspecified atom stereocenters. The quantitative estimate of drug-likeness (QED) is 0.808. The molecule has 1 atom stereocenters. The maximum Gasteiger partial charge on any atom is 0.410 e. The summed E-state index contributed by atoms with van der Waals surface area (Å²) in [5.74, 6) is 0.436. The average Bonchev–Trinajstić information content (AvgIpc) is 3.04. The smallest absolute Gasteiger partial charge is 0.410 e. The molecule has 0 N–H and O–H groups in total. The Kier molecular flexibility index (Phi) is 4.74. The summed E-state index contributed by atoms with van der Waals surface area (Å²) in [6, 6.07) is 5.58. The fraction of sp³-hybridized carbons (Fsp3) is 0.500. The Morgan fingerprint density at radius 1 is 1.28 bits per heavy atom. The first-order valence-electron chi connectivity index (χ1n) is 8.43. The van der Waals surface area contributed by atoms with E-state index in [1.165, 1.54) is 12.1 Å². The summed E-state index contributed by atoms with van der Waals surface area (Å²) in [4.78, 5) is 18.5. The maximum atomic E-state index is 13.1. The number of carbonyl (C=O) groups is 1. The molecular formula is C18H22FN3O3. The number of amides is 1. The van der Waals surface area contributed by atoms with E-state index >= 15 is 0 Å².